The summed E-state index contributed by atoms with van der Waals surface area (Å²) in [5.41, 5.74) is 1.24. The molecule has 3 nitrogen and oxygen atoms in total. The summed E-state index contributed by atoms with van der Waals surface area (Å²) in [7, 11) is 0. The van der Waals surface area contributed by atoms with Crippen LogP contribution in [0.1, 0.15) is 19.4 Å². The molecule has 1 aromatic carbocycles. The van der Waals surface area contributed by atoms with E-state index in [4.69, 9.17) is 11.6 Å². The molecule has 0 atom stereocenters. The average molecular weight is 296 g/mol. The van der Waals surface area contributed by atoms with Crippen LogP contribution in [0.25, 0.3) is 0 Å². The van der Waals surface area contributed by atoms with Crippen molar-refractivity contribution >= 4 is 23.4 Å². The normalized spacial score (nSPS) is 11.2. The smallest absolute Gasteiger partial charge is 0.170 e. The van der Waals surface area contributed by atoms with Gasteiger partial charge in [0.2, 0.25) is 0 Å². The Hall–Kier alpha value is -0.970. The molecule has 0 aliphatic heterocycles. The van der Waals surface area contributed by atoms with Gasteiger partial charge < -0.3 is 10.3 Å². The molecule has 0 aliphatic rings. The van der Waals surface area contributed by atoms with Crippen LogP contribution in [0.5, 0.6) is 0 Å². The van der Waals surface area contributed by atoms with Crippen LogP contribution < -0.4 is 5.32 Å². The van der Waals surface area contributed by atoms with Crippen molar-refractivity contribution in [2.24, 2.45) is 5.92 Å². The number of H-pyrrole nitrogens is 1. The zero-order valence-corrected chi connectivity index (χ0v) is 12.7. The number of hydrogen-bond donors (Lipinski definition) is 2. The molecule has 102 valence electrons. The van der Waals surface area contributed by atoms with Crippen LogP contribution >= 0.6 is 23.4 Å². The minimum absolute atomic E-state index is 0.647. The Kier molecular flexibility index (Phi) is 5.31. The molecule has 1 aromatic heterocycles. The number of nitrogens with zero attached hydrogens (tertiary/aromatic N) is 1. The molecular weight excluding hydrogens is 278 g/mol. The van der Waals surface area contributed by atoms with Crippen molar-refractivity contribution in [3.63, 3.8) is 0 Å². The van der Waals surface area contributed by atoms with Gasteiger partial charge in [0, 0.05) is 28.9 Å². The Morgan fingerprint density at radius 2 is 2.26 bits per heavy atom. The molecule has 0 aliphatic carbocycles. The summed E-state index contributed by atoms with van der Waals surface area (Å²) < 4.78 is 0. The highest BCUT2D eigenvalue weighted by Crippen LogP contribution is 2.30. The van der Waals surface area contributed by atoms with E-state index in [2.05, 4.69) is 35.2 Å². The van der Waals surface area contributed by atoms with Gasteiger partial charge in [0.1, 0.15) is 0 Å². The number of halogens is 1. The van der Waals surface area contributed by atoms with Crippen molar-refractivity contribution in [3.8, 4) is 0 Å². The summed E-state index contributed by atoms with van der Waals surface area (Å²) in [6.45, 7) is 6.26. The van der Waals surface area contributed by atoms with Crippen LogP contribution in [0, 0.1) is 5.92 Å². The second-order valence-electron chi connectivity index (χ2n) is 4.77. The molecule has 0 amide bonds. The van der Waals surface area contributed by atoms with Gasteiger partial charge in [0.25, 0.3) is 0 Å². The predicted molar refractivity (Wildman–Crippen MR) is 80.7 cm³/mol. The van der Waals surface area contributed by atoms with Gasteiger partial charge in [-0.15, -0.1) is 0 Å². The molecule has 0 saturated heterocycles. The Morgan fingerprint density at radius 1 is 1.42 bits per heavy atom. The van der Waals surface area contributed by atoms with Gasteiger partial charge in [-0.05, 0) is 30.2 Å². The summed E-state index contributed by atoms with van der Waals surface area (Å²) in [6.07, 6.45) is 3.58. The Bertz CT molecular complexity index is 511. The Balaban J connectivity index is 2.09. The third-order valence-corrected chi connectivity index (χ3v) is 3.83. The first kappa shape index (κ1) is 14.4. The maximum absolute atomic E-state index is 6.08. The topological polar surface area (TPSA) is 40.7 Å². The maximum atomic E-state index is 6.08. The van der Waals surface area contributed by atoms with Gasteiger partial charge >= 0.3 is 0 Å². The largest absolute Gasteiger partial charge is 0.339 e. The number of hydrogen-bond acceptors (Lipinski definition) is 3. The fraction of sp³-hybridized carbons (Fsp3) is 0.357. The number of aromatic amines is 1. The van der Waals surface area contributed by atoms with E-state index in [1.165, 1.54) is 5.56 Å². The molecule has 0 saturated carbocycles. The van der Waals surface area contributed by atoms with E-state index in [9.17, 15) is 0 Å². The van der Waals surface area contributed by atoms with Gasteiger partial charge in [-0.2, -0.15) is 0 Å². The molecule has 19 heavy (non-hydrogen) atoms. The Morgan fingerprint density at radius 3 is 2.95 bits per heavy atom. The molecule has 0 radical (unpaired) electrons. The van der Waals surface area contributed by atoms with E-state index in [1.54, 1.807) is 18.0 Å². The standard InChI is InChI=1S/C14H18ClN3S/c1-10(2)8-16-9-11-3-4-12(15)7-13(11)19-14-17-5-6-18-14/h3-7,10,16H,8-9H2,1-2H3,(H,17,18). The van der Waals surface area contributed by atoms with E-state index in [-0.39, 0.29) is 0 Å². The van der Waals surface area contributed by atoms with E-state index in [1.807, 2.05) is 18.3 Å². The highest BCUT2D eigenvalue weighted by atomic mass is 35.5. The molecule has 2 aromatic rings. The van der Waals surface area contributed by atoms with Crippen LogP contribution in [0.3, 0.4) is 0 Å². The highest BCUT2D eigenvalue weighted by Gasteiger charge is 2.07. The minimum atomic E-state index is 0.647. The lowest BCUT2D eigenvalue weighted by Crippen LogP contribution is -2.19. The summed E-state index contributed by atoms with van der Waals surface area (Å²) >= 11 is 7.68. The fourth-order valence-corrected chi connectivity index (χ4v) is 2.82. The van der Waals surface area contributed by atoms with Crippen LogP contribution in [0.4, 0.5) is 0 Å². The number of imidazole rings is 1. The summed E-state index contributed by atoms with van der Waals surface area (Å²) in [4.78, 5) is 8.47. The second kappa shape index (κ2) is 6.98. The van der Waals surface area contributed by atoms with Crippen molar-refractivity contribution in [2.75, 3.05) is 6.54 Å². The van der Waals surface area contributed by atoms with E-state index >= 15 is 0 Å². The average Bonchev–Trinajstić information content (AvgIpc) is 2.84. The lowest BCUT2D eigenvalue weighted by molar-refractivity contribution is 0.550. The molecule has 0 unspecified atom stereocenters. The lowest BCUT2D eigenvalue weighted by atomic mass is 10.2. The third-order valence-electron chi connectivity index (χ3n) is 2.58. The molecule has 2 rings (SSSR count). The van der Waals surface area contributed by atoms with Crippen molar-refractivity contribution < 1.29 is 0 Å². The van der Waals surface area contributed by atoms with Gasteiger partial charge in [0.15, 0.2) is 5.16 Å². The van der Waals surface area contributed by atoms with Crippen molar-refractivity contribution in [3.05, 3.63) is 41.2 Å². The molecule has 0 spiro atoms. The number of nitrogens with one attached hydrogen (secondary N) is 2. The monoisotopic (exact) mass is 295 g/mol. The molecule has 1 heterocycles. The van der Waals surface area contributed by atoms with Crippen LogP contribution in [-0.4, -0.2) is 16.5 Å². The first-order chi connectivity index (χ1) is 9.15. The fourth-order valence-electron chi connectivity index (χ4n) is 1.68. The van der Waals surface area contributed by atoms with Gasteiger partial charge in [-0.3, -0.25) is 0 Å². The second-order valence-corrected chi connectivity index (χ2v) is 6.24. The molecule has 5 heteroatoms. The van der Waals surface area contributed by atoms with Crippen molar-refractivity contribution in [1.82, 2.24) is 15.3 Å². The van der Waals surface area contributed by atoms with Crippen molar-refractivity contribution in [1.29, 1.82) is 0 Å². The SMILES string of the molecule is CC(C)CNCc1ccc(Cl)cc1Sc1ncc[nH]1. The van der Waals surface area contributed by atoms with Gasteiger partial charge in [-0.25, -0.2) is 4.98 Å². The minimum Gasteiger partial charge on any atom is -0.339 e. The maximum Gasteiger partial charge on any atom is 0.170 e. The summed E-state index contributed by atoms with van der Waals surface area (Å²) in [5, 5.41) is 5.09. The first-order valence-electron chi connectivity index (χ1n) is 6.31. The molecule has 0 bridgehead atoms. The van der Waals surface area contributed by atoms with E-state index in [0.29, 0.717) is 5.92 Å². The zero-order chi connectivity index (χ0) is 13.7. The number of rotatable bonds is 6. The summed E-state index contributed by atoms with van der Waals surface area (Å²) in [6, 6.07) is 5.99. The Labute approximate surface area is 123 Å². The molecular formula is C14H18ClN3S. The highest BCUT2D eigenvalue weighted by molar-refractivity contribution is 7.99. The van der Waals surface area contributed by atoms with Gasteiger partial charge in [0.05, 0.1) is 0 Å². The van der Waals surface area contributed by atoms with E-state index in [0.717, 1.165) is 28.2 Å². The summed E-state index contributed by atoms with van der Waals surface area (Å²) in [5.74, 6) is 0.647. The number of benzene rings is 1. The van der Waals surface area contributed by atoms with Crippen LogP contribution in [0.15, 0.2) is 40.6 Å². The first-order valence-corrected chi connectivity index (χ1v) is 7.51. The van der Waals surface area contributed by atoms with Crippen LogP contribution in [0.2, 0.25) is 5.02 Å². The van der Waals surface area contributed by atoms with Gasteiger partial charge in [-0.1, -0.05) is 43.3 Å². The zero-order valence-electron chi connectivity index (χ0n) is 11.1. The quantitative estimate of drug-likeness (QED) is 0.847. The lowest BCUT2D eigenvalue weighted by Gasteiger charge is -2.11. The number of aromatic nitrogens is 2. The predicted octanol–water partition coefficient (Wildman–Crippen LogP) is 3.96. The molecule has 0 fully saturated rings. The third kappa shape index (κ3) is 4.56. The van der Waals surface area contributed by atoms with Crippen molar-refractivity contribution in [2.45, 2.75) is 30.4 Å². The van der Waals surface area contributed by atoms with Crippen LogP contribution in [-0.2, 0) is 6.54 Å². The molecule has 2 N–H and O–H groups in total. The van der Waals surface area contributed by atoms with E-state index < -0.39 is 0 Å².